The van der Waals surface area contributed by atoms with Gasteiger partial charge in [-0.1, -0.05) is 208 Å². The number of rotatable bonds is 17. The highest BCUT2D eigenvalue weighted by atomic mass is 16.3. The summed E-state index contributed by atoms with van der Waals surface area (Å²) in [5.74, 6) is 1.52. The fourth-order valence-corrected chi connectivity index (χ4v) is 5.93. The lowest BCUT2D eigenvalue weighted by molar-refractivity contribution is -0.147. The Morgan fingerprint density at radius 2 is 0.759 bits per heavy atom. The van der Waals surface area contributed by atoms with Gasteiger partial charge in [0.2, 0.25) is 23.6 Å². The van der Waals surface area contributed by atoms with E-state index in [9.17, 15) is 19.2 Å². The molecule has 1 aliphatic rings. The molecular weight excluding hydrogens is 1380 g/mol. The molecule has 4 atom stereocenters. The second-order valence-electron chi connectivity index (χ2n) is 20.8. The van der Waals surface area contributed by atoms with Gasteiger partial charge in [-0.05, 0) is 154 Å². The van der Waals surface area contributed by atoms with E-state index >= 15 is 0 Å². The molecule has 4 amide bonds. The molecule has 0 radical (unpaired) electrons. The smallest absolute Gasteiger partial charge is 0.246 e. The number of aliphatic hydroxyl groups is 1. The van der Waals surface area contributed by atoms with Crippen molar-refractivity contribution < 1.29 is 67.4 Å². The lowest BCUT2D eigenvalue weighted by atomic mass is 9.95. The molecular formula is C81H171N13O14. The first kappa shape index (κ1) is 161. The highest BCUT2D eigenvalue weighted by molar-refractivity contribution is 5.94. The molecule has 108 heavy (non-hydrogen) atoms. The summed E-state index contributed by atoms with van der Waals surface area (Å²) in [6.45, 7) is 62.1. The molecule has 1 aliphatic heterocycles. The summed E-state index contributed by atoms with van der Waals surface area (Å²) in [6, 6.07) is 28.7. The first-order valence-corrected chi connectivity index (χ1v) is 34.8. The van der Waals surface area contributed by atoms with Crippen molar-refractivity contribution in [3.63, 3.8) is 0 Å². The molecule has 1 fully saturated rings. The Kier molecular flexibility index (Phi) is 233. The number of allylic oxidation sites excluding steroid dienone is 1. The van der Waals surface area contributed by atoms with Crippen molar-refractivity contribution in [2.45, 2.75) is 226 Å². The molecule has 1 saturated heterocycles. The van der Waals surface area contributed by atoms with Crippen LogP contribution in [-0.4, -0.2) is 198 Å². The Labute approximate surface area is 661 Å². The van der Waals surface area contributed by atoms with Gasteiger partial charge < -0.3 is 121 Å². The van der Waals surface area contributed by atoms with Gasteiger partial charge in [0.05, 0.1) is 0 Å². The predicted octanol–water partition coefficient (Wildman–Crippen LogP) is 11.4. The zero-order chi connectivity index (χ0) is 88.5. The number of nitrogens with one attached hydrogen (secondary N) is 1. The number of nitrogens with two attached hydrogens (primary N) is 6. The van der Waals surface area contributed by atoms with Crippen LogP contribution in [0.4, 0.5) is 0 Å². The highest BCUT2D eigenvalue weighted by Gasteiger charge is 2.37. The number of likely N-dealkylation sites (tertiary alicyclic amines) is 1. The van der Waals surface area contributed by atoms with Crippen LogP contribution < -0.4 is 58.2 Å². The van der Waals surface area contributed by atoms with Crippen LogP contribution in [0.25, 0.3) is 0 Å². The number of piperidine rings is 1. The second-order valence-corrected chi connectivity index (χ2v) is 20.8. The molecule has 644 valence electrons. The summed E-state index contributed by atoms with van der Waals surface area (Å²) < 4.78 is 0. The van der Waals surface area contributed by atoms with Gasteiger partial charge in [-0.15, -0.1) is 6.58 Å². The standard InChI is InChI=1S/C33H44N4O4.C8H10.3C5H12.C5H10.C3H8O.C2H6.6CH5N.9CH2O.3H3N/c1-6-24(2)30(33(41)37-20-14-9-15-21-37)34-31(39)28(22-26-16-10-7-11-17-26)36(5)32(40)29(35(4)25(3)38)23-27-18-12-8-13-19-27;1-2-8-6-4-3-5-7-8;4*1-4-5(2)3;1-3(2)4;16*1-2;;;/h8,10,12-13,16-19,24,28-30H,6,9,14-15,20-23H2,1-5H3,(H,34,39);3-7H,2H2,1H3;3*5H,4H2,1-3H3;2,4H2,1,3H3;3-4H,1-2H3;1-2H3;6*2H2,1H3;9*1H2;3*1H3/t24-,28-,29-,30-;;;;;;;;;;;;;;;;;;;;;;;;;/m0........................./s1. The summed E-state index contributed by atoms with van der Waals surface area (Å²) in [7, 11) is 12.2. The molecule has 27 heteroatoms. The molecule has 0 spiro atoms. The second kappa shape index (κ2) is 156. The summed E-state index contributed by atoms with van der Waals surface area (Å²) in [6.07, 6.45) is 10.3. The zero-order valence-corrected chi connectivity index (χ0v) is 73.6. The van der Waals surface area contributed by atoms with Crippen LogP contribution in [0.2, 0.25) is 0 Å². The van der Waals surface area contributed by atoms with Gasteiger partial charge in [-0.3, -0.25) is 19.2 Å². The summed E-state index contributed by atoms with van der Waals surface area (Å²) in [5.41, 5.74) is 31.4. The zero-order valence-electron chi connectivity index (χ0n) is 73.6. The first-order chi connectivity index (χ1) is 50.4. The number of carbonyl (C=O) groups is 13. The maximum atomic E-state index is 14.0. The molecule has 1 heterocycles. The summed E-state index contributed by atoms with van der Waals surface area (Å²) in [4.78, 5) is 131. The number of aryl methyl sites for hydroxylation is 1. The Morgan fingerprint density at radius 1 is 0.472 bits per heavy atom. The molecule has 23 N–H and O–H groups in total. The van der Waals surface area contributed by atoms with E-state index in [4.69, 9.17) is 48.3 Å². The van der Waals surface area contributed by atoms with Crippen LogP contribution in [0.3, 0.4) is 0 Å². The molecule has 0 bridgehead atoms. The van der Waals surface area contributed by atoms with Crippen LogP contribution in [0, 0.1) is 35.8 Å². The number of carbonyl (C=O) groups excluding carboxylic acids is 13. The molecule has 0 aliphatic carbocycles. The average Bonchev–Trinajstić information content (AvgIpc) is 0.806. The molecule has 4 rings (SSSR count). The largest absolute Gasteiger partial charge is 0.394 e. The van der Waals surface area contributed by atoms with Crippen molar-refractivity contribution >= 4 is 84.7 Å². The number of aliphatic hydroxyl groups excluding tert-OH is 1. The normalized spacial score (nSPS) is 9.48. The summed E-state index contributed by atoms with van der Waals surface area (Å²) in [5, 5.41) is 11.1. The fourth-order valence-electron chi connectivity index (χ4n) is 5.93. The fraction of sp³-hybridized carbons (Fsp3) is 0.593. The van der Waals surface area contributed by atoms with Crippen molar-refractivity contribution in [1.29, 1.82) is 0 Å². The van der Waals surface area contributed by atoms with E-state index in [0.717, 1.165) is 67.4 Å². The first-order valence-electron chi connectivity index (χ1n) is 34.8. The lowest BCUT2D eigenvalue weighted by Gasteiger charge is -2.36. The van der Waals surface area contributed by atoms with Gasteiger partial charge in [0.1, 0.15) is 79.2 Å². The van der Waals surface area contributed by atoms with E-state index in [1.54, 1.807) is 40.1 Å². The maximum Gasteiger partial charge on any atom is 0.246 e. The average molecular weight is 1550 g/mol. The molecule has 27 nitrogen and oxygen atoms in total. The Balaban J connectivity index is -0.0000000454. The lowest BCUT2D eigenvalue weighted by Crippen LogP contribution is -2.59. The number of nitrogens with zero attached hydrogens (tertiary/aromatic N) is 3. The molecule has 0 aromatic heterocycles. The van der Waals surface area contributed by atoms with E-state index in [1.165, 1.54) is 89.4 Å². The van der Waals surface area contributed by atoms with E-state index in [1.807, 2.05) is 143 Å². The van der Waals surface area contributed by atoms with Crippen LogP contribution in [0.5, 0.6) is 0 Å². The Morgan fingerprint density at radius 3 is 0.991 bits per heavy atom. The van der Waals surface area contributed by atoms with Crippen LogP contribution in [0.15, 0.2) is 91.0 Å². The Bertz CT molecular complexity index is 1980. The van der Waals surface area contributed by atoms with Gasteiger partial charge >= 0.3 is 0 Å². The third-order valence-electron chi connectivity index (χ3n) is 12.5. The third-order valence-corrected chi connectivity index (χ3v) is 12.5. The van der Waals surface area contributed by atoms with E-state index < -0.39 is 24.0 Å². The van der Waals surface area contributed by atoms with Gasteiger partial charge in [-0.25, -0.2) is 0 Å². The molecule has 0 unspecified atom stereocenters. The molecule has 3 aromatic carbocycles. The number of benzene rings is 2. The molecule has 3 aromatic rings. The maximum absolute atomic E-state index is 14.0. The Hall–Kier alpha value is -8.27. The van der Waals surface area contributed by atoms with Crippen LogP contribution >= 0.6 is 0 Å². The quantitative estimate of drug-likeness (QED) is 0.0559. The van der Waals surface area contributed by atoms with Crippen molar-refractivity contribution in [3.05, 3.63) is 120 Å². The minimum Gasteiger partial charge on any atom is -0.394 e. The van der Waals surface area contributed by atoms with Gasteiger partial charge in [-0.2, -0.15) is 0 Å². The molecule has 0 saturated carbocycles. The number of hydrogen-bond acceptors (Lipinski definition) is 23. The minimum absolute atomic E-state index is 0. The SMILES string of the molecule is C=C(C)CC.C=O.C=O.C=O.C=O.C=O.C=O.C=O.C=O.C=O.CC.CC(C)O.CCC(C)C.CCC(C)C.CCC(C)C.CC[C@H](C)[C@H](NC(=O)[C@H](Cc1cc#ccc1)N(C)C(=O)[C@H](Cc1ccccc1)N(C)C(C)=O)C(=O)N1CCCCC1.CCc1ccccc1.CN.CN.CN.CN.CN.CN.N.N.N. The van der Waals surface area contributed by atoms with Crippen molar-refractivity contribution in [1.82, 2.24) is 38.5 Å². The van der Waals surface area contributed by atoms with Gasteiger partial charge in [0, 0.05) is 53.1 Å². The summed E-state index contributed by atoms with van der Waals surface area (Å²) >= 11 is 0. The van der Waals surface area contributed by atoms with Crippen molar-refractivity contribution in [2.75, 3.05) is 69.5 Å². The number of hydrogen-bond donors (Lipinski definition) is 11. The van der Waals surface area contributed by atoms with E-state index in [0.29, 0.717) is 19.5 Å². The van der Waals surface area contributed by atoms with Crippen molar-refractivity contribution in [2.24, 2.45) is 58.1 Å². The topological polar surface area (TPSA) is 525 Å². The van der Waals surface area contributed by atoms with Crippen LogP contribution in [0.1, 0.15) is 200 Å². The van der Waals surface area contributed by atoms with E-state index in [2.05, 4.69) is 159 Å². The monoisotopic (exact) mass is 1550 g/mol. The van der Waals surface area contributed by atoms with Crippen LogP contribution in [-0.2, 0) is 81.6 Å². The number of likely N-dealkylation sites (N-methyl/N-ethyl adjacent to an activating group) is 2. The van der Waals surface area contributed by atoms with Crippen molar-refractivity contribution in [3.8, 4) is 0 Å². The highest BCUT2D eigenvalue weighted by Crippen LogP contribution is 2.19. The van der Waals surface area contributed by atoms with E-state index in [-0.39, 0.29) is 54.6 Å². The predicted molar refractivity (Wildman–Crippen MR) is 463 cm³/mol. The van der Waals surface area contributed by atoms with Gasteiger partial charge in [0.25, 0.3) is 0 Å². The number of amides is 4. The third kappa shape index (κ3) is 130. The minimum atomic E-state index is -0.905. The van der Waals surface area contributed by atoms with Gasteiger partial charge in [0.15, 0.2) is 0 Å².